The van der Waals surface area contributed by atoms with Crippen molar-refractivity contribution in [1.29, 1.82) is 0 Å². The minimum Gasteiger partial charge on any atom is -0.508 e. The number of aromatic hydroxyl groups is 1. The van der Waals surface area contributed by atoms with Crippen LogP contribution in [0.3, 0.4) is 0 Å². The maximum absolute atomic E-state index is 14.1. The zero-order chi connectivity index (χ0) is 30.0. The molecule has 2 heterocycles. The number of likely N-dealkylation sites (N-methyl/N-ethyl adjacent to an activating group) is 1. The van der Waals surface area contributed by atoms with Crippen LogP contribution in [0, 0.1) is 0 Å². The summed E-state index contributed by atoms with van der Waals surface area (Å²) in [5, 5.41) is 16.5. The van der Waals surface area contributed by atoms with Gasteiger partial charge in [-0.25, -0.2) is 14.8 Å². The summed E-state index contributed by atoms with van der Waals surface area (Å²) in [4.78, 5) is 46.5. The second-order valence-corrected chi connectivity index (χ2v) is 11.2. The van der Waals surface area contributed by atoms with Gasteiger partial charge in [-0.2, -0.15) is 0 Å². The molecule has 0 radical (unpaired) electrons. The zero-order valence-electron chi connectivity index (χ0n) is 23.9. The van der Waals surface area contributed by atoms with Crippen LogP contribution in [-0.4, -0.2) is 89.2 Å². The van der Waals surface area contributed by atoms with E-state index in [1.54, 1.807) is 57.2 Å². The van der Waals surface area contributed by atoms with Crippen molar-refractivity contribution in [1.82, 2.24) is 25.1 Å². The highest BCUT2D eigenvalue weighted by atomic mass is 35.5. The Balaban J connectivity index is 1.49. The number of halogens is 1. The molecule has 0 aromatic heterocycles. The molecule has 0 bridgehead atoms. The number of carbonyl (C=O) groups is 3. The number of nitrogens with one attached hydrogen (secondary N) is 1. The van der Waals surface area contributed by atoms with Crippen LogP contribution in [0.5, 0.6) is 5.75 Å². The molecule has 4 amide bonds. The molecule has 2 atom stereocenters. The number of nitrogens with zero attached hydrogens (tertiary/aromatic N) is 5. The van der Waals surface area contributed by atoms with Crippen molar-refractivity contribution < 1.29 is 19.5 Å². The van der Waals surface area contributed by atoms with E-state index >= 15 is 0 Å². The van der Waals surface area contributed by atoms with E-state index in [0.717, 1.165) is 22.4 Å². The lowest BCUT2D eigenvalue weighted by atomic mass is 9.98. The van der Waals surface area contributed by atoms with Gasteiger partial charge < -0.3 is 25.1 Å². The molecule has 5 rings (SSSR count). The number of urea groups is 1. The number of carbonyl (C=O) groups excluding carboxylic acids is 3. The molecule has 0 spiro atoms. The number of fused-ring (bicyclic) bond motifs is 1. The van der Waals surface area contributed by atoms with Crippen molar-refractivity contribution in [2.24, 2.45) is 0 Å². The first-order valence-corrected chi connectivity index (χ1v) is 14.2. The lowest BCUT2D eigenvalue weighted by Gasteiger charge is -2.54. The fraction of sp³-hybridized carbons (Fsp3) is 0.323. The number of amides is 4. The van der Waals surface area contributed by atoms with Crippen LogP contribution in [0.2, 0.25) is 5.02 Å². The first kappa shape index (κ1) is 29.2. The third kappa shape index (κ3) is 6.00. The Morgan fingerprint density at radius 3 is 2.40 bits per heavy atom. The average Bonchev–Trinajstić information content (AvgIpc) is 2.95. The van der Waals surface area contributed by atoms with Gasteiger partial charge in [0.25, 0.3) is 0 Å². The number of piperazine rings is 1. The molecule has 10 nitrogen and oxygen atoms in total. The van der Waals surface area contributed by atoms with Gasteiger partial charge in [-0.1, -0.05) is 66.2 Å². The first-order chi connectivity index (χ1) is 20.1. The van der Waals surface area contributed by atoms with E-state index in [0.29, 0.717) is 11.6 Å². The van der Waals surface area contributed by atoms with Crippen molar-refractivity contribution in [2.45, 2.75) is 31.7 Å². The summed E-state index contributed by atoms with van der Waals surface area (Å²) in [6.07, 6.45) is -0.495. The third-order valence-corrected chi connectivity index (χ3v) is 7.98. The molecule has 2 aliphatic rings. The zero-order valence-corrected chi connectivity index (χ0v) is 24.7. The second kappa shape index (κ2) is 12.3. The van der Waals surface area contributed by atoms with Crippen molar-refractivity contribution >= 4 is 35.1 Å². The van der Waals surface area contributed by atoms with Gasteiger partial charge in [0.1, 0.15) is 18.0 Å². The molecular formula is C31H35ClN6O4. The number of phenols is 1. The fourth-order valence-corrected chi connectivity index (χ4v) is 6.11. The molecule has 0 aliphatic carbocycles. The van der Waals surface area contributed by atoms with Crippen LogP contribution in [0.25, 0.3) is 0 Å². The number of rotatable bonds is 7. The van der Waals surface area contributed by atoms with E-state index in [4.69, 9.17) is 11.6 Å². The van der Waals surface area contributed by atoms with Crippen LogP contribution in [0.1, 0.15) is 16.7 Å². The summed E-state index contributed by atoms with van der Waals surface area (Å²) in [6, 6.07) is 20.6. The van der Waals surface area contributed by atoms with Gasteiger partial charge in [0.2, 0.25) is 11.8 Å². The predicted molar refractivity (Wildman–Crippen MR) is 161 cm³/mol. The van der Waals surface area contributed by atoms with E-state index in [1.165, 1.54) is 0 Å². The Morgan fingerprint density at radius 2 is 1.71 bits per heavy atom. The Hall–Kier alpha value is -4.28. The van der Waals surface area contributed by atoms with E-state index in [1.807, 2.05) is 61.5 Å². The smallest absolute Gasteiger partial charge is 0.334 e. The summed E-state index contributed by atoms with van der Waals surface area (Å²) in [6.45, 7) is 0.645. The van der Waals surface area contributed by atoms with Gasteiger partial charge in [0.15, 0.2) is 0 Å². The standard InChI is InChI=1S/C31H35ClN6O4/c1-34(2)29-23(10-7-11-25(29)32)18-36-19-27-37(26(30(36)41)16-21-12-14-24(39)15-13-21)28(40)20-35(3)38(27)31(42)33-17-22-8-5-4-6-9-22/h4-15,26-27,39H,16-20H2,1-3H3,(H,33,42)/t26-,27+/m0/s1. The molecule has 3 aromatic rings. The van der Waals surface area contributed by atoms with Gasteiger partial charge in [-0.3, -0.25) is 9.59 Å². The van der Waals surface area contributed by atoms with Gasteiger partial charge >= 0.3 is 6.03 Å². The molecule has 42 heavy (non-hydrogen) atoms. The molecule has 2 saturated heterocycles. The van der Waals surface area contributed by atoms with E-state index in [2.05, 4.69) is 5.32 Å². The number of anilines is 1. The van der Waals surface area contributed by atoms with Crippen molar-refractivity contribution in [3.05, 3.63) is 94.5 Å². The van der Waals surface area contributed by atoms with Crippen LogP contribution >= 0.6 is 11.6 Å². The van der Waals surface area contributed by atoms with Gasteiger partial charge in [0, 0.05) is 40.7 Å². The van der Waals surface area contributed by atoms with E-state index in [-0.39, 0.29) is 49.7 Å². The third-order valence-electron chi connectivity index (χ3n) is 7.68. The molecule has 3 aromatic carbocycles. The highest BCUT2D eigenvalue weighted by molar-refractivity contribution is 6.33. The largest absolute Gasteiger partial charge is 0.508 e. The monoisotopic (exact) mass is 590 g/mol. The Morgan fingerprint density at radius 1 is 1.00 bits per heavy atom. The molecule has 11 heteroatoms. The van der Waals surface area contributed by atoms with Crippen molar-refractivity contribution in [3.63, 3.8) is 0 Å². The average molecular weight is 591 g/mol. The molecule has 2 aliphatic heterocycles. The molecule has 2 N–H and O–H groups in total. The maximum atomic E-state index is 14.1. The number of hydrazine groups is 1. The van der Waals surface area contributed by atoms with Crippen LogP contribution in [0.4, 0.5) is 10.5 Å². The summed E-state index contributed by atoms with van der Waals surface area (Å²) in [5.74, 6) is -0.336. The molecule has 2 fully saturated rings. The number of para-hydroxylation sites is 1. The highest BCUT2D eigenvalue weighted by Gasteiger charge is 2.50. The molecule has 0 unspecified atom stereocenters. The summed E-state index contributed by atoms with van der Waals surface area (Å²) in [7, 11) is 5.49. The number of benzene rings is 3. The van der Waals surface area contributed by atoms with Gasteiger partial charge in [-0.15, -0.1) is 0 Å². The summed E-state index contributed by atoms with van der Waals surface area (Å²) in [5.41, 5.74) is 3.39. The highest BCUT2D eigenvalue weighted by Crippen LogP contribution is 2.33. The van der Waals surface area contributed by atoms with Crippen LogP contribution in [-0.2, 0) is 29.1 Å². The maximum Gasteiger partial charge on any atom is 0.334 e. The van der Waals surface area contributed by atoms with Crippen molar-refractivity contribution in [3.8, 4) is 5.75 Å². The predicted octanol–water partition coefficient (Wildman–Crippen LogP) is 3.29. The Bertz CT molecular complexity index is 1450. The molecule has 0 saturated carbocycles. The normalized spacial score (nSPS) is 19.1. The number of hydrogen-bond donors (Lipinski definition) is 2. The van der Waals surface area contributed by atoms with Crippen LogP contribution in [0.15, 0.2) is 72.8 Å². The minimum absolute atomic E-state index is 0.0479. The SMILES string of the molecule is CN(C)c1c(Cl)cccc1CN1C[C@@H]2N(C(=O)CN(C)N2C(=O)NCc2ccccc2)[C@@H](Cc2ccc(O)cc2)C1=O. The summed E-state index contributed by atoms with van der Waals surface area (Å²) >= 11 is 6.54. The topological polar surface area (TPSA) is 99.7 Å². The molecular weight excluding hydrogens is 556 g/mol. The lowest BCUT2D eigenvalue weighted by molar-refractivity contribution is -0.187. The lowest BCUT2D eigenvalue weighted by Crippen LogP contribution is -2.76. The summed E-state index contributed by atoms with van der Waals surface area (Å²) < 4.78 is 0. The Labute approximate surface area is 250 Å². The fourth-order valence-electron chi connectivity index (χ4n) is 5.75. The van der Waals surface area contributed by atoms with E-state index in [9.17, 15) is 19.5 Å². The van der Waals surface area contributed by atoms with Gasteiger partial charge in [-0.05, 0) is 34.9 Å². The Kier molecular flexibility index (Phi) is 8.56. The van der Waals surface area contributed by atoms with E-state index < -0.39 is 12.2 Å². The van der Waals surface area contributed by atoms with Crippen molar-refractivity contribution in [2.75, 3.05) is 39.1 Å². The minimum atomic E-state index is -0.846. The quantitative estimate of drug-likeness (QED) is 0.438. The second-order valence-electron chi connectivity index (χ2n) is 10.8. The number of hydrogen-bond acceptors (Lipinski definition) is 6. The first-order valence-electron chi connectivity index (χ1n) is 13.8. The van der Waals surface area contributed by atoms with Crippen LogP contribution < -0.4 is 10.2 Å². The molecule has 220 valence electrons. The van der Waals surface area contributed by atoms with Gasteiger partial charge in [0.05, 0.1) is 23.8 Å². The number of phenolic OH excluding ortho intramolecular Hbond substituents is 1.